The Morgan fingerprint density at radius 3 is 1.83 bits per heavy atom. The lowest BCUT2D eigenvalue weighted by Crippen LogP contribution is -1.93. The molecule has 4 aliphatic carbocycles. The van der Waals surface area contributed by atoms with Gasteiger partial charge in [-0.3, -0.25) is 0 Å². The van der Waals surface area contributed by atoms with Crippen LogP contribution in [0.5, 0.6) is 0 Å². The quantitative estimate of drug-likeness (QED) is 0.458. The third-order valence-electron chi connectivity index (χ3n) is 5.31. The van der Waals surface area contributed by atoms with Crippen molar-refractivity contribution < 1.29 is 0 Å². The Morgan fingerprint density at radius 1 is 0.826 bits per heavy atom. The fraction of sp³-hybridized carbons (Fsp3) is 0.652. The van der Waals surface area contributed by atoms with Crippen molar-refractivity contribution in [3.63, 3.8) is 0 Å². The van der Waals surface area contributed by atoms with E-state index >= 15 is 0 Å². The summed E-state index contributed by atoms with van der Waals surface area (Å²) in [4.78, 5) is 0. The van der Waals surface area contributed by atoms with Gasteiger partial charge in [0.05, 0.1) is 0 Å². The molecule has 0 saturated heterocycles. The second kappa shape index (κ2) is 10.7. The minimum absolute atomic E-state index is 0. The molecule has 0 nitrogen and oxygen atoms in total. The molecule has 0 N–H and O–H groups in total. The Morgan fingerprint density at radius 2 is 1.43 bits per heavy atom. The van der Waals surface area contributed by atoms with Crippen molar-refractivity contribution in [3.05, 3.63) is 41.5 Å². The summed E-state index contributed by atoms with van der Waals surface area (Å²) in [5.41, 5.74) is 2.84. The van der Waals surface area contributed by atoms with Crippen LogP contribution in [-0.2, 0) is 6.42 Å². The van der Waals surface area contributed by atoms with Crippen molar-refractivity contribution in [2.45, 2.75) is 80.6 Å². The Balaban J connectivity index is 0.000000308. The summed E-state index contributed by atoms with van der Waals surface area (Å²) >= 11 is 0. The zero-order valence-electron chi connectivity index (χ0n) is 12.9. The van der Waals surface area contributed by atoms with Gasteiger partial charge >= 0.3 is 0 Å². The van der Waals surface area contributed by atoms with Gasteiger partial charge in [0, 0.05) is 0 Å². The fourth-order valence-electron chi connectivity index (χ4n) is 3.51. The highest BCUT2D eigenvalue weighted by molar-refractivity contribution is 5.59. The van der Waals surface area contributed by atoms with Crippen LogP contribution in [0.1, 0.15) is 85.3 Å². The highest BCUT2D eigenvalue weighted by Gasteiger charge is 2.44. The molecule has 0 bridgehead atoms. The molecule has 0 radical (unpaired) electrons. The second-order valence-corrected chi connectivity index (χ2v) is 7.03. The van der Waals surface area contributed by atoms with E-state index in [0.29, 0.717) is 0 Å². The first-order chi connectivity index (χ1) is 9.83. The number of fused-ring (bicyclic) bond motifs is 2. The van der Waals surface area contributed by atoms with Crippen molar-refractivity contribution in [3.8, 4) is 0 Å². The van der Waals surface area contributed by atoms with Gasteiger partial charge in [0.2, 0.25) is 0 Å². The first-order valence-electron chi connectivity index (χ1n) is 8.57. The number of hydrogen-bond donors (Lipinski definition) is 0. The SMILES string of the molecule is C.C.C.C1=Cc2ccccc2C1.C1CC2CC12.CC1CCCC1. The molecule has 0 amide bonds. The highest BCUT2D eigenvalue weighted by Crippen LogP contribution is 2.55. The van der Waals surface area contributed by atoms with E-state index in [0.717, 1.165) is 12.3 Å². The van der Waals surface area contributed by atoms with Crippen LogP contribution in [0.3, 0.4) is 0 Å². The van der Waals surface area contributed by atoms with Crippen molar-refractivity contribution in [1.82, 2.24) is 0 Å². The van der Waals surface area contributed by atoms with E-state index in [1.165, 1.54) is 48.6 Å². The Kier molecular flexibility index (Phi) is 10.2. The maximum Gasteiger partial charge on any atom is -0.00882 e. The largest absolute Gasteiger partial charge is 0.0795 e. The summed E-state index contributed by atoms with van der Waals surface area (Å²) < 4.78 is 0. The van der Waals surface area contributed by atoms with E-state index in [9.17, 15) is 0 Å². The van der Waals surface area contributed by atoms with E-state index in [4.69, 9.17) is 0 Å². The molecule has 0 heterocycles. The van der Waals surface area contributed by atoms with Crippen LogP contribution in [0.4, 0.5) is 0 Å². The normalized spacial score (nSPS) is 24.6. The third-order valence-corrected chi connectivity index (χ3v) is 5.31. The Hall–Kier alpha value is -1.04. The van der Waals surface area contributed by atoms with Gasteiger partial charge in [0.1, 0.15) is 0 Å². The molecular formula is C23H40. The van der Waals surface area contributed by atoms with Crippen molar-refractivity contribution >= 4 is 6.08 Å². The molecule has 132 valence electrons. The molecule has 1 aromatic carbocycles. The van der Waals surface area contributed by atoms with Gasteiger partial charge in [-0.1, -0.05) is 91.3 Å². The lowest BCUT2D eigenvalue weighted by Gasteiger charge is -2.04. The molecule has 0 aromatic heterocycles. The van der Waals surface area contributed by atoms with Gasteiger partial charge in [0.25, 0.3) is 0 Å². The number of rotatable bonds is 0. The summed E-state index contributed by atoms with van der Waals surface area (Å²) in [6, 6.07) is 8.49. The molecule has 0 aliphatic heterocycles. The smallest absolute Gasteiger partial charge is 0.00882 e. The highest BCUT2D eigenvalue weighted by atomic mass is 14.5. The molecule has 2 unspecified atom stereocenters. The Bertz CT molecular complexity index is 439. The molecule has 3 fully saturated rings. The molecule has 0 heteroatoms. The van der Waals surface area contributed by atoms with E-state index in [1.807, 2.05) is 0 Å². The molecule has 5 rings (SSSR count). The van der Waals surface area contributed by atoms with Gasteiger partial charge in [0.15, 0.2) is 0 Å². The zero-order chi connectivity index (χ0) is 13.8. The van der Waals surface area contributed by atoms with Gasteiger partial charge in [-0.2, -0.15) is 0 Å². The summed E-state index contributed by atoms with van der Waals surface area (Å²) in [6.45, 7) is 2.34. The summed E-state index contributed by atoms with van der Waals surface area (Å²) in [5, 5.41) is 0. The topological polar surface area (TPSA) is 0 Å². The van der Waals surface area contributed by atoms with Crippen LogP contribution in [-0.4, -0.2) is 0 Å². The monoisotopic (exact) mass is 316 g/mol. The number of hydrogen-bond acceptors (Lipinski definition) is 0. The van der Waals surface area contributed by atoms with Crippen LogP contribution in [0.25, 0.3) is 6.08 Å². The lowest BCUT2D eigenvalue weighted by atomic mass is 10.0. The predicted octanol–water partition coefficient (Wildman–Crippen LogP) is 7.78. The van der Waals surface area contributed by atoms with Crippen LogP contribution in [0, 0.1) is 17.8 Å². The number of allylic oxidation sites excluding steroid dienone is 1. The average Bonchev–Trinajstić information content (AvgIpc) is 2.88. The van der Waals surface area contributed by atoms with Crippen LogP contribution in [0.2, 0.25) is 0 Å². The van der Waals surface area contributed by atoms with Gasteiger partial charge in [-0.05, 0) is 54.6 Å². The first-order valence-corrected chi connectivity index (χ1v) is 8.57. The molecule has 0 spiro atoms. The molecule has 4 aliphatic rings. The first kappa shape index (κ1) is 22.0. The molecule has 23 heavy (non-hydrogen) atoms. The van der Waals surface area contributed by atoms with Crippen LogP contribution < -0.4 is 0 Å². The van der Waals surface area contributed by atoms with E-state index < -0.39 is 0 Å². The fourth-order valence-corrected chi connectivity index (χ4v) is 3.51. The minimum Gasteiger partial charge on any atom is -0.0795 e. The summed E-state index contributed by atoms with van der Waals surface area (Å²) in [7, 11) is 0. The van der Waals surface area contributed by atoms with E-state index in [2.05, 4.69) is 43.3 Å². The Labute approximate surface area is 146 Å². The molecular weight excluding hydrogens is 276 g/mol. The molecule has 3 saturated carbocycles. The van der Waals surface area contributed by atoms with E-state index in [-0.39, 0.29) is 22.3 Å². The molecule has 2 atom stereocenters. The summed E-state index contributed by atoms with van der Waals surface area (Å²) in [6.07, 6.45) is 16.1. The van der Waals surface area contributed by atoms with Gasteiger partial charge in [-0.25, -0.2) is 0 Å². The van der Waals surface area contributed by atoms with Gasteiger partial charge < -0.3 is 0 Å². The lowest BCUT2D eigenvalue weighted by molar-refractivity contribution is 0.468. The molecule has 1 aromatic rings. The van der Waals surface area contributed by atoms with Crippen LogP contribution in [0.15, 0.2) is 30.3 Å². The average molecular weight is 317 g/mol. The number of benzene rings is 1. The van der Waals surface area contributed by atoms with Crippen LogP contribution >= 0.6 is 0 Å². The minimum atomic E-state index is 0. The van der Waals surface area contributed by atoms with Crippen molar-refractivity contribution in [2.75, 3.05) is 0 Å². The maximum absolute atomic E-state index is 2.34. The third kappa shape index (κ3) is 6.53. The van der Waals surface area contributed by atoms with Gasteiger partial charge in [-0.15, -0.1) is 0 Å². The summed E-state index contributed by atoms with van der Waals surface area (Å²) in [5.74, 6) is 3.51. The standard InChI is InChI=1S/C9H8.C6H12.C5H8.3CH4/c1-2-5-9-7-3-6-8(9)4-1;1-6-4-2-3-5-6;1-2-5-3-4(1)5;;;/h1-6H,7H2;6H,2-5H2,1H3;4-5H,1-3H2;3*1H4. The van der Waals surface area contributed by atoms with Crippen molar-refractivity contribution in [2.24, 2.45) is 17.8 Å². The second-order valence-electron chi connectivity index (χ2n) is 7.03. The maximum atomic E-state index is 2.34. The van der Waals surface area contributed by atoms with E-state index in [1.54, 1.807) is 19.3 Å². The predicted molar refractivity (Wildman–Crippen MR) is 108 cm³/mol. The van der Waals surface area contributed by atoms with Crippen molar-refractivity contribution in [1.29, 1.82) is 0 Å². The zero-order valence-corrected chi connectivity index (χ0v) is 12.9.